The molecule has 1 amide bonds. The summed E-state index contributed by atoms with van der Waals surface area (Å²) in [5.41, 5.74) is 1.95. The largest absolute Gasteiger partial charge is 0.367 e. The zero-order chi connectivity index (χ0) is 12.8. The smallest absolute Gasteiger partial charge is 0.250 e. The average Bonchev–Trinajstić information content (AvgIpc) is 2.38. The van der Waals surface area contributed by atoms with Gasteiger partial charge < -0.3 is 15.4 Å². The molecule has 2 N–H and O–H groups in total. The summed E-state index contributed by atoms with van der Waals surface area (Å²) in [7, 11) is 0. The first-order valence-electron chi connectivity index (χ1n) is 6.43. The van der Waals surface area contributed by atoms with Crippen molar-refractivity contribution in [1.29, 1.82) is 0 Å². The number of rotatable bonds is 4. The fourth-order valence-electron chi connectivity index (χ4n) is 2.08. The number of hydrogen-bond acceptors (Lipinski definition) is 3. The van der Waals surface area contributed by atoms with E-state index < -0.39 is 0 Å². The normalized spacial score (nSPS) is 19.5. The van der Waals surface area contributed by atoms with Crippen LogP contribution in [0.1, 0.15) is 18.4 Å². The third-order valence-corrected chi connectivity index (χ3v) is 3.00. The molecular formula is C14H20N2O2. The molecule has 98 valence electrons. The fourth-order valence-corrected chi connectivity index (χ4v) is 2.08. The molecule has 1 atom stereocenters. The molecule has 1 aliphatic rings. The lowest BCUT2D eigenvalue weighted by atomic mass is 10.1. The molecule has 1 fully saturated rings. The van der Waals surface area contributed by atoms with E-state index in [0.717, 1.165) is 37.2 Å². The van der Waals surface area contributed by atoms with Crippen LogP contribution in [-0.2, 0) is 9.53 Å². The Morgan fingerprint density at radius 1 is 1.56 bits per heavy atom. The molecule has 0 radical (unpaired) electrons. The highest BCUT2D eigenvalue weighted by atomic mass is 16.5. The second-order valence-corrected chi connectivity index (χ2v) is 4.70. The van der Waals surface area contributed by atoms with Crippen molar-refractivity contribution in [3.63, 3.8) is 0 Å². The molecule has 0 saturated carbocycles. The summed E-state index contributed by atoms with van der Waals surface area (Å²) in [5, 5.41) is 6.10. The van der Waals surface area contributed by atoms with Gasteiger partial charge in [0.05, 0.1) is 6.10 Å². The van der Waals surface area contributed by atoms with E-state index in [2.05, 4.69) is 10.6 Å². The zero-order valence-electron chi connectivity index (χ0n) is 10.7. The minimum Gasteiger partial charge on any atom is -0.367 e. The Morgan fingerprint density at radius 2 is 2.44 bits per heavy atom. The standard InChI is InChI=1S/C14H20N2O2/c1-11-4-2-5-12(8-11)16-14(17)10-18-13-6-3-7-15-9-13/h2,4-5,8,13,15H,3,6-7,9-10H2,1H3,(H,16,17). The number of benzene rings is 1. The number of aryl methyl sites for hydroxylation is 1. The lowest BCUT2D eigenvalue weighted by Gasteiger charge is -2.22. The van der Waals surface area contributed by atoms with Crippen molar-refractivity contribution in [3.8, 4) is 0 Å². The molecular weight excluding hydrogens is 228 g/mol. The van der Waals surface area contributed by atoms with Crippen molar-refractivity contribution in [1.82, 2.24) is 5.32 Å². The van der Waals surface area contributed by atoms with Crippen molar-refractivity contribution in [3.05, 3.63) is 29.8 Å². The number of amides is 1. The fraction of sp³-hybridized carbons (Fsp3) is 0.500. The van der Waals surface area contributed by atoms with E-state index in [4.69, 9.17) is 4.74 Å². The average molecular weight is 248 g/mol. The first-order valence-corrected chi connectivity index (χ1v) is 6.43. The minimum absolute atomic E-state index is 0.0915. The Balaban J connectivity index is 1.74. The molecule has 4 heteroatoms. The van der Waals surface area contributed by atoms with Crippen LogP contribution < -0.4 is 10.6 Å². The van der Waals surface area contributed by atoms with Gasteiger partial charge in [0, 0.05) is 12.2 Å². The predicted octanol–water partition coefficient (Wildman–Crippen LogP) is 1.70. The molecule has 1 aromatic rings. The Labute approximate surface area is 108 Å². The van der Waals surface area contributed by atoms with Crippen LogP contribution in [0, 0.1) is 6.92 Å². The highest BCUT2D eigenvalue weighted by molar-refractivity contribution is 5.91. The van der Waals surface area contributed by atoms with Gasteiger partial charge in [-0.05, 0) is 44.0 Å². The number of anilines is 1. The number of carbonyl (C=O) groups is 1. The number of hydrogen-bond donors (Lipinski definition) is 2. The number of piperidine rings is 1. The Kier molecular flexibility index (Phi) is 4.73. The van der Waals surface area contributed by atoms with E-state index in [0.29, 0.717) is 0 Å². The van der Waals surface area contributed by atoms with Gasteiger partial charge in [0.1, 0.15) is 6.61 Å². The van der Waals surface area contributed by atoms with E-state index in [-0.39, 0.29) is 18.6 Å². The summed E-state index contributed by atoms with van der Waals surface area (Å²) in [5.74, 6) is -0.0915. The van der Waals surface area contributed by atoms with E-state index in [1.54, 1.807) is 0 Å². The lowest BCUT2D eigenvalue weighted by molar-refractivity contribution is -0.122. The van der Waals surface area contributed by atoms with Crippen LogP contribution in [0.3, 0.4) is 0 Å². The predicted molar refractivity (Wildman–Crippen MR) is 71.7 cm³/mol. The van der Waals surface area contributed by atoms with Crippen molar-refractivity contribution >= 4 is 11.6 Å². The van der Waals surface area contributed by atoms with Crippen LogP contribution in [0.25, 0.3) is 0 Å². The molecule has 2 rings (SSSR count). The third-order valence-electron chi connectivity index (χ3n) is 3.00. The van der Waals surface area contributed by atoms with Crippen LogP contribution >= 0.6 is 0 Å². The molecule has 1 aliphatic heterocycles. The number of carbonyl (C=O) groups excluding carboxylic acids is 1. The molecule has 18 heavy (non-hydrogen) atoms. The Morgan fingerprint density at radius 3 is 3.17 bits per heavy atom. The summed E-state index contributed by atoms with van der Waals surface area (Å²) in [6, 6.07) is 7.75. The maximum absolute atomic E-state index is 11.7. The van der Waals surface area contributed by atoms with Gasteiger partial charge in [-0.2, -0.15) is 0 Å². The summed E-state index contributed by atoms with van der Waals surface area (Å²) in [6.07, 6.45) is 2.32. The summed E-state index contributed by atoms with van der Waals surface area (Å²) < 4.78 is 5.57. The summed E-state index contributed by atoms with van der Waals surface area (Å²) >= 11 is 0. The van der Waals surface area contributed by atoms with Crippen LogP contribution in [0.4, 0.5) is 5.69 Å². The molecule has 1 heterocycles. The molecule has 0 spiro atoms. The van der Waals surface area contributed by atoms with E-state index in [1.165, 1.54) is 0 Å². The third kappa shape index (κ3) is 4.13. The van der Waals surface area contributed by atoms with Gasteiger partial charge in [0.15, 0.2) is 0 Å². The van der Waals surface area contributed by atoms with Crippen molar-refractivity contribution in [2.75, 3.05) is 25.0 Å². The molecule has 1 unspecified atom stereocenters. The van der Waals surface area contributed by atoms with E-state index in [9.17, 15) is 4.79 Å². The van der Waals surface area contributed by atoms with Crippen LogP contribution in [-0.4, -0.2) is 31.7 Å². The molecule has 1 saturated heterocycles. The van der Waals surface area contributed by atoms with Crippen molar-refractivity contribution in [2.45, 2.75) is 25.9 Å². The quantitative estimate of drug-likeness (QED) is 0.852. The van der Waals surface area contributed by atoms with E-state index in [1.807, 2.05) is 31.2 Å². The highest BCUT2D eigenvalue weighted by Crippen LogP contribution is 2.10. The Bertz CT molecular complexity index is 401. The minimum atomic E-state index is -0.0915. The van der Waals surface area contributed by atoms with Crippen LogP contribution in [0.5, 0.6) is 0 Å². The van der Waals surface area contributed by atoms with Crippen LogP contribution in [0.2, 0.25) is 0 Å². The second kappa shape index (κ2) is 6.52. The highest BCUT2D eigenvalue weighted by Gasteiger charge is 2.14. The first-order chi connectivity index (χ1) is 8.74. The molecule has 0 aliphatic carbocycles. The maximum Gasteiger partial charge on any atom is 0.250 e. The SMILES string of the molecule is Cc1cccc(NC(=O)COC2CCCNC2)c1. The molecule has 1 aromatic carbocycles. The summed E-state index contributed by atoms with van der Waals surface area (Å²) in [6.45, 7) is 4.02. The summed E-state index contributed by atoms with van der Waals surface area (Å²) in [4.78, 5) is 11.7. The molecule has 0 aromatic heterocycles. The zero-order valence-corrected chi connectivity index (χ0v) is 10.7. The topological polar surface area (TPSA) is 50.4 Å². The maximum atomic E-state index is 11.7. The van der Waals surface area contributed by atoms with Crippen LogP contribution in [0.15, 0.2) is 24.3 Å². The number of nitrogens with one attached hydrogen (secondary N) is 2. The van der Waals surface area contributed by atoms with E-state index >= 15 is 0 Å². The molecule has 4 nitrogen and oxygen atoms in total. The van der Waals surface area contributed by atoms with Gasteiger partial charge in [-0.25, -0.2) is 0 Å². The van der Waals surface area contributed by atoms with Crippen molar-refractivity contribution < 1.29 is 9.53 Å². The first kappa shape index (κ1) is 13.1. The Hall–Kier alpha value is -1.39. The van der Waals surface area contributed by atoms with Crippen molar-refractivity contribution in [2.24, 2.45) is 0 Å². The van der Waals surface area contributed by atoms with Gasteiger partial charge >= 0.3 is 0 Å². The van der Waals surface area contributed by atoms with Gasteiger partial charge in [0.25, 0.3) is 0 Å². The van der Waals surface area contributed by atoms with Gasteiger partial charge in [-0.1, -0.05) is 12.1 Å². The van der Waals surface area contributed by atoms with Gasteiger partial charge in [-0.15, -0.1) is 0 Å². The second-order valence-electron chi connectivity index (χ2n) is 4.70. The van der Waals surface area contributed by atoms with Gasteiger partial charge in [0.2, 0.25) is 5.91 Å². The monoisotopic (exact) mass is 248 g/mol. The molecule has 0 bridgehead atoms. The van der Waals surface area contributed by atoms with Gasteiger partial charge in [-0.3, -0.25) is 4.79 Å². The lowest BCUT2D eigenvalue weighted by Crippen LogP contribution is -2.37. The number of ether oxygens (including phenoxy) is 1.